The molecule has 2 aromatic carbocycles. The summed E-state index contributed by atoms with van der Waals surface area (Å²) >= 11 is 3.38. The maximum absolute atomic E-state index is 13.0. The molecule has 0 bridgehead atoms. The lowest BCUT2D eigenvalue weighted by atomic mass is 10.2. The minimum Gasteiger partial charge on any atom is -0.491 e. The number of nitrogens with zero attached hydrogens (tertiary/aromatic N) is 2. The normalized spacial score (nSPS) is 16.2. The molecule has 7 heteroatoms. The van der Waals surface area contributed by atoms with Gasteiger partial charge in [-0.15, -0.1) is 0 Å². The van der Waals surface area contributed by atoms with Gasteiger partial charge in [-0.05, 0) is 48.5 Å². The fourth-order valence-electron chi connectivity index (χ4n) is 3.16. The van der Waals surface area contributed by atoms with Crippen molar-refractivity contribution in [3.8, 4) is 5.75 Å². The van der Waals surface area contributed by atoms with Crippen LogP contribution in [0.4, 0.5) is 10.1 Å². The highest BCUT2D eigenvalue weighted by Gasteiger charge is 2.19. The quantitative estimate of drug-likeness (QED) is 0.592. The molecule has 1 aliphatic heterocycles. The van der Waals surface area contributed by atoms with Crippen LogP contribution in [0.5, 0.6) is 5.75 Å². The summed E-state index contributed by atoms with van der Waals surface area (Å²) in [6, 6.07) is 14.2. The van der Waals surface area contributed by atoms with Crippen LogP contribution in [0.25, 0.3) is 0 Å². The van der Waals surface area contributed by atoms with E-state index in [1.807, 2.05) is 36.4 Å². The van der Waals surface area contributed by atoms with E-state index >= 15 is 0 Å². The van der Waals surface area contributed by atoms with Crippen molar-refractivity contribution in [1.82, 2.24) is 4.90 Å². The predicted octanol–water partition coefficient (Wildman–Crippen LogP) is 3.17. The number of aliphatic hydroxyl groups excluding tert-OH is 1. The van der Waals surface area contributed by atoms with Crippen molar-refractivity contribution in [3.63, 3.8) is 0 Å². The Morgan fingerprint density at radius 2 is 1.64 bits per heavy atom. The van der Waals surface area contributed by atoms with E-state index in [4.69, 9.17) is 9.47 Å². The van der Waals surface area contributed by atoms with Crippen molar-refractivity contribution >= 4 is 21.6 Å². The first-order valence-electron chi connectivity index (χ1n) is 9.47. The minimum absolute atomic E-state index is 0.215. The zero-order valence-corrected chi connectivity index (χ0v) is 17.4. The van der Waals surface area contributed by atoms with Crippen LogP contribution in [0.3, 0.4) is 0 Å². The highest BCUT2D eigenvalue weighted by atomic mass is 79.9. The summed E-state index contributed by atoms with van der Waals surface area (Å²) < 4.78 is 25.2. The second-order valence-corrected chi connectivity index (χ2v) is 7.71. The smallest absolute Gasteiger partial charge is 0.123 e. The second-order valence-electron chi connectivity index (χ2n) is 6.80. The minimum atomic E-state index is -0.523. The molecule has 0 aromatic heterocycles. The van der Waals surface area contributed by atoms with E-state index in [1.165, 1.54) is 12.1 Å². The van der Waals surface area contributed by atoms with Crippen molar-refractivity contribution in [2.75, 3.05) is 57.4 Å². The molecule has 1 aliphatic rings. The Morgan fingerprint density at radius 3 is 2.32 bits per heavy atom. The van der Waals surface area contributed by atoms with Gasteiger partial charge in [0, 0.05) is 42.9 Å². The average Bonchev–Trinajstić information content (AvgIpc) is 2.70. The van der Waals surface area contributed by atoms with E-state index in [-0.39, 0.29) is 5.82 Å². The van der Waals surface area contributed by atoms with Crippen LogP contribution in [0.1, 0.15) is 0 Å². The van der Waals surface area contributed by atoms with Crippen LogP contribution in [0.2, 0.25) is 0 Å². The number of hydrogen-bond acceptors (Lipinski definition) is 5. The summed E-state index contributed by atoms with van der Waals surface area (Å²) in [6.07, 6.45) is -0.523. The summed E-state index contributed by atoms with van der Waals surface area (Å²) in [4.78, 5) is 4.46. The van der Waals surface area contributed by atoms with Crippen LogP contribution in [-0.4, -0.2) is 68.7 Å². The van der Waals surface area contributed by atoms with E-state index in [0.29, 0.717) is 26.4 Å². The Labute approximate surface area is 173 Å². The Morgan fingerprint density at radius 1 is 0.964 bits per heavy atom. The molecule has 2 aromatic rings. The van der Waals surface area contributed by atoms with E-state index in [0.717, 1.165) is 42.1 Å². The molecule has 0 amide bonds. The molecule has 1 heterocycles. The van der Waals surface area contributed by atoms with Crippen LogP contribution in [0.15, 0.2) is 53.0 Å². The number of benzene rings is 2. The van der Waals surface area contributed by atoms with Crippen molar-refractivity contribution in [2.45, 2.75) is 6.10 Å². The van der Waals surface area contributed by atoms with Gasteiger partial charge in [0.15, 0.2) is 0 Å². The first-order valence-corrected chi connectivity index (χ1v) is 10.3. The van der Waals surface area contributed by atoms with Crippen molar-refractivity contribution in [1.29, 1.82) is 0 Å². The number of anilines is 1. The third-order valence-electron chi connectivity index (χ3n) is 4.65. The third-order valence-corrected chi connectivity index (χ3v) is 5.18. The van der Waals surface area contributed by atoms with Gasteiger partial charge in [-0.3, -0.25) is 4.90 Å². The first kappa shape index (κ1) is 21.0. The van der Waals surface area contributed by atoms with Gasteiger partial charge in [-0.1, -0.05) is 15.9 Å². The Bertz CT molecular complexity index is 707. The predicted molar refractivity (Wildman–Crippen MR) is 112 cm³/mol. The van der Waals surface area contributed by atoms with E-state index in [2.05, 4.69) is 25.7 Å². The van der Waals surface area contributed by atoms with Gasteiger partial charge in [0.1, 0.15) is 18.2 Å². The molecule has 1 fully saturated rings. The lowest BCUT2D eigenvalue weighted by molar-refractivity contribution is 0.00718. The van der Waals surface area contributed by atoms with Crippen LogP contribution >= 0.6 is 15.9 Å². The number of aliphatic hydroxyl groups is 1. The lowest BCUT2D eigenvalue weighted by Gasteiger charge is -2.36. The Kier molecular flexibility index (Phi) is 8.09. The van der Waals surface area contributed by atoms with Gasteiger partial charge in [-0.2, -0.15) is 0 Å². The second kappa shape index (κ2) is 10.8. The highest BCUT2D eigenvalue weighted by molar-refractivity contribution is 9.10. The van der Waals surface area contributed by atoms with Crippen molar-refractivity contribution in [3.05, 3.63) is 58.8 Å². The van der Waals surface area contributed by atoms with Crippen molar-refractivity contribution < 1.29 is 19.0 Å². The fraction of sp³-hybridized carbons (Fsp3) is 0.429. The van der Waals surface area contributed by atoms with E-state index in [1.54, 1.807) is 0 Å². The molecule has 1 saturated heterocycles. The molecule has 5 nitrogen and oxygen atoms in total. The molecule has 1 atom stereocenters. The summed E-state index contributed by atoms with van der Waals surface area (Å²) in [5, 5.41) is 10.2. The number of rotatable bonds is 9. The van der Waals surface area contributed by atoms with Gasteiger partial charge in [0.05, 0.1) is 19.3 Å². The van der Waals surface area contributed by atoms with Crippen molar-refractivity contribution in [2.24, 2.45) is 0 Å². The van der Waals surface area contributed by atoms with Gasteiger partial charge in [-0.25, -0.2) is 4.39 Å². The number of β-amino-alcohol motifs (C(OH)–C–C–N with tert-alkyl or cyclic N) is 1. The number of piperazine rings is 1. The third kappa shape index (κ3) is 6.74. The fourth-order valence-corrected chi connectivity index (χ4v) is 3.42. The molecule has 0 aliphatic carbocycles. The molecular weight excluding hydrogens is 427 g/mol. The van der Waals surface area contributed by atoms with Crippen LogP contribution < -0.4 is 9.64 Å². The number of ether oxygens (including phenoxy) is 2. The topological polar surface area (TPSA) is 45.2 Å². The van der Waals surface area contributed by atoms with Crippen LogP contribution in [-0.2, 0) is 4.74 Å². The summed E-state index contributed by atoms with van der Waals surface area (Å²) in [5.41, 5.74) is 1.04. The molecular formula is C21H26BrFN2O3. The van der Waals surface area contributed by atoms with Gasteiger partial charge in [0.25, 0.3) is 0 Å². The number of hydrogen-bond donors (Lipinski definition) is 1. The standard InChI is InChI=1S/C21H26BrFN2O3/c22-17-1-7-21(8-2-17)28-14-13-27-16-20(26)15-24-9-11-25(12-10-24)19-5-3-18(23)4-6-19/h1-8,20,26H,9-16H2/t20-/m1/s1. The van der Waals surface area contributed by atoms with E-state index in [9.17, 15) is 9.50 Å². The zero-order valence-electron chi connectivity index (χ0n) is 15.8. The molecule has 3 rings (SSSR count). The van der Waals surface area contributed by atoms with Gasteiger partial charge < -0.3 is 19.5 Å². The molecule has 0 radical (unpaired) electrons. The SMILES string of the molecule is O[C@@H](COCCOc1ccc(Br)cc1)CN1CCN(c2ccc(F)cc2)CC1. The average molecular weight is 453 g/mol. The first-order chi connectivity index (χ1) is 13.6. The summed E-state index contributed by atoms with van der Waals surface area (Å²) in [7, 11) is 0. The molecule has 0 saturated carbocycles. The molecule has 28 heavy (non-hydrogen) atoms. The molecule has 152 valence electrons. The maximum Gasteiger partial charge on any atom is 0.123 e. The van der Waals surface area contributed by atoms with Gasteiger partial charge in [0.2, 0.25) is 0 Å². The molecule has 0 spiro atoms. The van der Waals surface area contributed by atoms with E-state index < -0.39 is 6.10 Å². The number of halogens is 2. The zero-order chi connectivity index (χ0) is 19.8. The molecule has 1 N–H and O–H groups in total. The summed E-state index contributed by atoms with van der Waals surface area (Å²) in [6.45, 7) is 5.21. The Balaban J connectivity index is 1.27. The lowest BCUT2D eigenvalue weighted by Crippen LogP contribution is -2.49. The van der Waals surface area contributed by atoms with Crippen LogP contribution in [0, 0.1) is 5.82 Å². The summed E-state index contributed by atoms with van der Waals surface area (Å²) in [5.74, 6) is 0.583. The maximum atomic E-state index is 13.0. The Hall–Kier alpha value is -1.67. The molecule has 0 unspecified atom stereocenters. The largest absolute Gasteiger partial charge is 0.491 e. The van der Waals surface area contributed by atoms with Gasteiger partial charge >= 0.3 is 0 Å². The monoisotopic (exact) mass is 452 g/mol. The highest BCUT2D eigenvalue weighted by Crippen LogP contribution is 2.17.